The number of carboxylic acid groups (broad SMARTS) is 1. The van der Waals surface area contributed by atoms with E-state index in [4.69, 9.17) is 5.11 Å². The van der Waals surface area contributed by atoms with E-state index in [2.05, 4.69) is 0 Å². The molecule has 0 aliphatic carbocycles. The molecule has 0 aromatic heterocycles. The smallest absolute Gasteiger partial charge is 0.335 e. The van der Waals surface area contributed by atoms with Crippen molar-refractivity contribution < 1.29 is 22.7 Å². The van der Waals surface area contributed by atoms with Crippen LogP contribution in [0.5, 0.6) is 0 Å². The lowest BCUT2D eigenvalue weighted by molar-refractivity contribution is 0.0696. The second-order valence-electron chi connectivity index (χ2n) is 5.40. The van der Waals surface area contributed by atoms with Crippen LogP contribution in [0.1, 0.15) is 36.2 Å². The first-order valence-electron chi connectivity index (χ1n) is 6.57. The molecule has 7 heteroatoms. The maximum atomic E-state index is 13.8. The maximum Gasteiger partial charge on any atom is 0.335 e. The molecule has 0 atom stereocenters. The van der Waals surface area contributed by atoms with Gasteiger partial charge >= 0.3 is 5.97 Å². The van der Waals surface area contributed by atoms with Crippen LogP contribution < -0.4 is 0 Å². The van der Waals surface area contributed by atoms with E-state index in [9.17, 15) is 17.6 Å². The van der Waals surface area contributed by atoms with Gasteiger partial charge in [-0.15, -0.1) is 0 Å². The van der Waals surface area contributed by atoms with Crippen LogP contribution in [0.4, 0.5) is 4.39 Å². The molecule has 0 spiro atoms. The van der Waals surface area contributed by atoms with Gasteiger partial charge in [-0.05, 0) is 31.4 Å². The van der Waals surface area contributed by atoms with Gasteiger partial charge in [0.25, 0.3) is 0 Å². The van der Waals surface area contributed by atoms with Gasteiger partial charge in [0.2, 0.25) is 10.0 Å². The molecule has 1 rings (SSSR count). The molecule has 118 valence electrons. The van der Waals surface area contributed by atoms with Crippen LogP contribution >= 0.6 is 0 Å². The first-order chi connectivity index (χ1) is 9.57. The highest BCUT2D eigenvalue weighted by Crippen LogP contribution is 2.24. The summed E-state index contributed by atoms with van der Waals surface area (Å²) in [5, 5.41) is 8.93. The molecule has 1 aromatic carbocycles. The molecule has 0 bridgehead atoms. The Kier molecular flexibility index (Phi) is 5.47. The van der Waals surface area contributed by atoms with Crippen molar-refractivity contribution in [2.24, 2.45) is 5.92 Å². The molecule has 0 aliphatic rings. The predicted molar refractivity (Wildman–Crippen MR) is 77.4 cm³/mol. The van der Waals surface area contributed by atoms with Gasteiger partial charge in [-0.2, -0.15) is 0 Å². The van der Waals surface area contributed by atoms with Crippen molar-refractivity contribution in [3.8, 4) is 0 Å². The van der Waals surface area contributed by atoms with E-state index < -0.39 is 21.8 Å². The predicted octanol–water partition coefficient (Wildman–Crippen LogP) is 2.50. The van der Waals surface area contributed by atoms with Gasteiger partial charge in [0.1, 0.15) is 5.82 Å². The molecule has 0 radical (unpaired) electrons. The van der Waals surface area contributed by atoms with Crippen molar-refractivity contribution in [2.45, 2.75) is 32.1 Å². The summed E-state index contributed by atoms with van der Waals surface area (Å²) in [7, 11) is -2.51. The number of carbonyl (C=O) groups is 1. The summed E-state index contributed by atoms with van der Waals surface area (Å²) in [6.07, 6.45) is 0.663. The highest BCUT2D eigenvalue weighted by atomic mass is 32.2. The molecule has 0 fully saturated rings. The number of rotatable bonds is 6. The normalized spacial score (nSPS) is 12.1. The summed E-state index contributed by atoms with van der Waals surface area (Å²) in [4.78, 5) is 10.7. The monoisotopic (exact) mass is 317 g/mol. The summed E-state index contributed by atoms with van der Waals surface area (Å²) in [6, 6.07) is 1.83. The largest absolute Gasteiger partial charge is 0.478 e. The van der Waals surface area contributed by atoms with Gasteiger partial charge in [-0.1, -0.05) is 13.8 Å². The summed E-state index contributed by atoms with van der Waals surface area (Å²) >= 11 is 0. The number of hydrogen-bond acceptors (Lipinski definition) is 3. The van der Waals surface area contributed by atoms with Gasteiger partial charge in [-0.25, -0.2) is 21.9 Å². The zero-order valence-electron chi connectivity index (χ0n) is 12.6. The first-order valence-corrected chi connectivity index (χ1v) is 8.01. The average molecular weight is 317 g/mol. The average Bonchev–Trinajstić information content (AvgIpc) is 2.38. The number of hydrogen-bond donors (Lipinski definition) is 1. The minimum atomic E-state index is -3.91. The van der Waals surface area contributed by atoms with Crippen molar-refractivity contribution in [2.75, 3.05) is 13.6 Å². The van der Waals surface area contributed by atoms with Crippen LogP contribution in [-0.4, -0.2) is 37.4 Å². The van der Waals surface area contributed by atoms with E-state index in [0.717, 1.165) is 16.4 Å². The zero-order chi connectivity index (χ0) is 16.4. The fourth-order valence-electron chi connectivity index (χ4n) is 1.77. The standard InChI is InChI=1S/C14H20FNO4S/c1-9(2)5-6-16(4)21(19,20)13-8-11(14(17)18)7-12(15)10(13)3/h7-9H,5-6H2,1-4H3,(H,17,18). The van der Waals surface area contributed by atoms with Crippen LogP contribution in [0.25, 0.3) is 0 Å². The summed E-state index contributed by atoms with van der Waals surface area (Å²) in [5.41, 5.74) is -0.453. The number of carboxylic acids is 1. The molecule has 0 saturated heterocycles. The Balaban J connectivity index is 3.27. The third-order valence-corrected chi connectivity index (χ3v) is 5.24. The van der Waals surface area contributed by atoms with Gasteiger partial charge in [0, 0.05) is 19.2 Å². The highest BCUT2D eigenvalue weighted by molar-refractivity contribution is 7.89. The summed E-state index contributed by atoms with van der Waals surface area (Å²) in [6.45, 7) is 5.55. The van der Waals surface area contributed by atoms with E-state index in [0.29, 0.717) is 18.9 Å². The van der Waals surface area contributed by atoms with Gasteiger partial charge in [0.15, 0.2) is 0 Å². The molecule has 5 nitrogen and oxygen atoms in total. The van der Waals surface area contributed by atoms with E-state index in [1.807, 2.05) is 13.8 Å². The van der Waals surface area contributed by atoms with Crippen molar-refractivity contribution in [1.29, 1.82) is 0 Å². The van der Waals surface area contributed by atoms with Crippen LogP contribution in [0, 0.1) is 18.7 Å². The van der Waals surface area contributed by atoms with Crippen LogP contribution in [0.3, 0.4) is 0 Å². The minimum absolute atomic E-state index is 0.0728. The first kappa shape index (κ1) is 17.6. The molecule has 1 N–H and O–H groups in total. The van der Waals surface area contributed by atoms with Crippen molar-refractivity contribution in [3.63, 3.8) is 0 Å². The molecule has 0 amide bonds. The van der Waals surface area contributed by atoms with Gasteiger partial charge in [0.05, 0.1) is 10.5 Å². The molecule has 0 unspecified atom stereocenters. The second kappa shape index (κ2) is 6.53. The highest BCUT2D eigenvalue weighted by Gasteiger charge is 2.26. The Morgan fingerprint density at radius 2 is 1.95 bits per heavy atom. The Morgan fingerprint density at radius 3 is 2.43 bits per heavy atom. The topological polar surface area (TPSA) is 74.7 Å². The lowest BCUT2D eigenvalue weighted by Crippen LogP contribution is -2.29. The lowest BCUT2D eigenvalue weighted by atomic mass is 10.1. The Morgan fingerprint density at radius 1 is 1.38 bits per heavy atom. The summed E-state index contributed by atoms with van der Waals surface area (Å²) < 4.78 is 39.8. The van der Waals surface area contributed by atoms with Crippen molar-refractivity contribution in [3.05, 3.63) is 29.1 Å². The van der Waals surface area contributed by atoms with E-state index in [1.54, 1.807) is 0 Å². The molecule has 21 heavy (non-hydrogen) atoms. The quantitative estimate of drug-likeness (QED) is 0.875. The molecular formula is C14H20FNO4S. The fraction of sp³-hybridized carbons (Fsp3) is 0.500. The number of nitrogens with zero attached hydrogens (tertiary/aromatic N) is 1. The van der Waals surface area contributed by atoms with E-state index in [-0.39, 0.29) is 16.0 Å². The number of sulfonamides is 1. The molecule has 0 saturated carbocycles. The van der Waals surface area contributed by atoms with Crippen LogP contribution in [-0.2, 0) is 10.0 Å². The maximum absolute atomic E-state index is 13.8. The van der Waals surface area contributed by atoms with Crippen LogP contribution in [0.2, 0.25) is 0 Å². The Labute approximate surface area is 124 Å². The minimum Gasteiger partial charge on any atom is -0.478 e. The van der Waals surface area contributed by atoms with Crippen LogP contribution in [0.15, 0.2) is 17.0 Å². The van der Waals surface area contributed by atoms with Gasteiger partial charge in [-0.3, -0.25) is 0 Å². The Bertz CT molecular complexity index is 641. The Hall–Kier alpha value is -1.47. The fourth-order valence-corrected chi connectivity index (χ4v) is 3.21. The molecule has 0 heterocycles. The SMILES string of the molecule is Cc1c(F)cc(C(=O)O)cc1S(=O)(=O)N(C)CCC(C)C. The zero-order valence-corrected chi connectivity index (χ0v) is 13.4. The third kappa shape index (κ3) is 4.01. The summed E-state index contributed by atoms with van der Waals surface area (Å²) in [5.74, 6) is -1.88. The van der Waals surface area contributed by atoms with E-state index >= 15 is 0 Å². The van der Waals surface area contributed by atoms with Crippen molar-refractivity contribution >= 4 is 16.0 Å². The molecular weight excluding hydrogens is 297 g/mol. The molecule has 1 aromatic rings. The molecule has 0 aliphatic heterocycles. The second-order valence-corrected chi connectivity index (χ2v) is 7.41. The third-order valence-electron chi connectivity index (χ3n) is 3.25. The van der Waals surface area contributed by atoms with E-state index in [1.165, 1.54) is 14.0 Å². The number of halogens is 1. The number of aromatic carboxylic acids is 1. The van der Waals surface area contributed by atoms with Gasteiger partial charge < -0.3 is 5.11 Å². The van der Waals surface area contributed by atoms with Crippen molar-refractivity contribution in [1.82, 2.24) is 4.31 Å². The lowest BCUT2D eigenvalue weighted by Gasteiger charge is -2.20. The number of benzene rings is 1.